The lowest BCUT2D eigenvalue weighted by atomic mass is 9.96. The van der Waals surface area contributed by atoms with Gasteiger partial charge in [-0.15, -0.1) is 5.54 Å². The van der Waals surface area contributed by atoms with E-state index in [2.05, 4.69) is 32.2 Å². The lowest BCUT2D eigenvalue weighted by molar-refractivity contribution is 0.126. The van der Waals surface area contributed by atoms with E-state index in [1.54, 1.807) is 0 Å². The van der Waals surface area contributed by atoms with Crippen LogP contribution in [-0.4, -0.2) is 18.8 Å². The van der Waals surface area contributed by atoms with E-state index in [-0.39, 0.29) is 0 Å². The van der Waals surface area contributed by atoms with Gasteiger partial charge in [0.1, 0.15) is 8.07 Å². The third-order valence-corrected chi connectivity index (χ3v) is 8.98. The fourth-order valence-corrected chi connectivity index (χ4v) is 4.73. The SMILES string of the molecule is CC[Si](C#C/C(=C/c1ccccc1)C(C)(C)O)(CC)CC. The predicted octanol–water partition coefficient (Wildman–Crippen LogP) is 4.89. The third-order valence-electron chi connectivity index (χ3n) is 4.26. The highest BCUT2D eigenvalue weighted by Crippen LogP contribution is 2.22. The van der Waals surface area contributed by atoms with Crippen molar-refractivity contribution in [2.75, 3.05) is 0 Å². The summed E-state index contributed by atoms with van der Waals surface area (Å²) in [5, 5.41) is 10.4. The van der Waals surface area contributed by atoms with Gasteiger partial charge in [-0.25, -0.2) is 0 Å². The Hall–Kier alpha value is -1.30. The molecule has 0 saturated carbocycles. The molecule has 0 aliphatic carbocycles. The number of hydrogen-bond acceptors (Lipinski definition) is 1. The van der Waals surface area contributed by atoms with Gasteiger partial charge in [0, 0.05) is 5.57 Å². The normalized spacial score (nSPS) is 12.8. The van der Waals surface area contributed by atoms with Gasteiger partial charge in [0.2, 0.25) is 0 Å². The molecule has 0 unspecified atom stereocenters. The predicted molar refractivity (Wildman–Crippen MR) is 95.7 cm³/mol. The molecule has 1 aromatic rings. The van der Waals surface area contributed by atoms with Crippen LogP contribution in [0.2, 0.25) is 18.1 Å². The standard InChI is InChI=1S/C19H28OSi/c1-6-21(7-2,8-3)15-14-18(19(4,5)20)16-17-12-10-9-11-13-17/h9-13,16,20H,6-8H2,1-5H3/b18-16-. The molecule has 1 aromatic carbocycles. The summed E-state index contributed by atoms with van der Waals surface area (Å²) in [6.45, 7) is 10.4. The first-order valence-corrected chi connectivity index (χ1v) is 10.5. The average molecular weight is 301 g/mol. The first-order valence-electron chi connectivity index (χ1n) is 7.89. The molecule has 0 bridgehead atoms. The topological polar surface area (TPSA) is 20.2 Å². The van der Waals surface area contributed by atoms with Crippen molar-refractivity contribution in [3.63, 3.8) is 0 Å². The maximum absolute atomic E-state index is 10.4. The molecule has 0 spiro atoms. The Balaban J connectivity index is 3.22. The molecule has 1 rings (SSSR count). The van der Waals surface area contributed by atoms with E-state index >= 15 is 0 Å². The molecule has 0 saturated heterocycles. The van der Waals surface area contributed by atoms with Gasteiger partial charge in [-0.2, -0.15) is 0 Å². The molecule has 0 atom stereocenters. The van der Waals surface area contributed by atoms with Crippen LogP contribution in [-0.2, 0) is 0 Å². The lowest BCUT2D eigenvalue weighted by Gasteiger charge is -2.22. The van der Waals surface area contributed by atoms with Gasteiger partial charge in [-0.05, 0) is 43.6 Å². The van der Waals surface area contributed by atoms with Crippen molar-refractivity contribution in [1.29, 1.82) is 0 Å². The molecule has 2 heteroatoms. The molecule has 0 aliphatic heterocycles. The average Bonchev–Trinajstić information content (AvgIpc) is 2.48. The minimum atomic E-state index is -1.49. The van der Waals surface area contributed by atoms with Crippen molar-refractivity contribution < 1.29 is 5.11 Å². The van der Waals surface area contributed by atoms with Gasteiger partial charge in [-0.1, -0.05) is 57.0 Å². The van der Waals surface area contributed by atoms with E-state index in [1.165, 1.54) is 18.1 Å². The van der Waals surface area contributed by atoms with Gasteiger partial charge in [-0.3, -0.25) is 0 Å². The van der Waals surface area contributed by atoms with Crippen LogP contribution in [0.3, 0.4) is 0 Å². The molecular weight excluding hydrogens is 272 g/mol. The Bertz CT molecular complexity index is 514. The van der Waals surface area contributed by atoms with Crippen molar-refractivity contribution >= 4 is 14.1 Å². The zero-order valence-electron chi connectivity index (χ0n) is 14.0. The Morgan fingerprint density at radius 3 is 2.05 bits per heavy atom. The molecule has 0 fully saturated rings. The van der Waals surface area contributed by atoms with Crippen LogP contribution in [0.5, 0.6) is 0 Å². The summed E-state index contributed by atoms with van der Waals surface area (Å²) in [5.41, 5.74) is 4.56. The smallest absolute Gasteiger partial charge is 0.138 e. The zero-order valence-corrected chi connectivity index (χ0v) is 15.0. The molecule has 0 aliphatic rings. The van der Waals surface area contributed by atoms with Crippen molar-refractivity contribution in [3.8, 4) is 11.5 Å². The van der Waals surface area contributed by atoms with E-state index in [9.17, 15) is 5.11 Å². The van der Waals surface area contributed by atoms with Crippen LogP contribution >= 0.6 is 0 Å². The van der Waals surface area contributed by atoms with Crippen LogP contribution < -0.4 is 0 Å². The van der Waals surface area contributed by atoms with E-state index in [0.717, 1.165) is 11.1 Å². The van der Waals surface area contributed by atoms with Crippen LogP contribution in [0.15, 0.2) is 35.9 Å². The second kappa shape index (κ2) is 7.63. The van der Waals surface area contributed by atoms with Crippen molar-refractivity contribution in [2.45, 2.75) is 58.4 Å². The minimum Gasteiger partial charge on any atom is -0.385 e. The molecule has 0 heterocycles. The number of aliphatic hydroxyl groups is 1. The number of rotatable bonds is 5. The van der Waals surface area contributed by atoms with Gasteiger partial charge < -0.3 is 5.11 Å². The summed E-state index contributed by atoms with van der Waals surface area (Å²) < 4.78 is 0. The quantitative estimate of drug-likeness (QED) is 0.606. The molecular formula is C19H28OSi. The van der Waals surface area contributed by atoms with Crippen molar-refractivity contribution in [1.82, 2.24) is 0 Å². The summed E-state index contributed by atoms with van der Waals surface area (Å²) in [5.74, 6) is 3.32. The monoisotopic (exact) mass is 300 g/mol. The first kappa shape index (κ1) is 17.7. The number of benzene rings is 1. The van der Waals surface area contributed by atoms with Crippen LogP contribution in [0.1, 0.15) is 40.2 Å². The highest BCUT2D eigenvalue weighted by Gasteiger charge is 2.25. The maximum Gasteiger partial charge on any atom is 0.138 e. The third kappa shape index (κ3) is 5.19. The minimum absolute atomic E-state index is 0.806. The highest BCUT2D eigenvalue weighted by molar-refractivity contribution is 6.87. The van der Waals surface area contributed by atoms with Crippen LogP contribution in [0, 0.1) is 11.5 Å². The van der Waals surface area contributed by atoms with Gasteiger partial charge in [0.25, 0.3) is 0 Å². The second-order valence-electron chi connectivity index (χ2n) is 6.12. The molecule has 114 valence electrons. The Labute approximate surface area is 131 Å². The summed E-state index contributed by atoms with van der Waals surface area (Å²) >= 11 is 0. The molecule has 0 aromatic heterocycles. The fraction of sp³-hybridized carbons (Fsp3) is 0.474. The molecule has 0 radical (unpaired) electrons. The maximum atomic E-state index is 10.4. The molecule has 21 heavy (non-hydrogen) atoms. The lowest BCUT2D eigenvalue weighted by Crippen LogP contribution is -2.30. The second-order valence-corrected chi connectivity index (χ2v) is 11.1. The van der Waals surface area contributed by atoms with Gasteiger partial charge >= 0.3 is 0 Å². The summed E-state index contributed by atoms with van der Waals surface area (Å²) in [7, 11) is -1.49. The van der Waals surface area contributed by atoms with Crippen LogP contribution in [0.25, 0.3) is 6.08 Å². The van der Waals surface area contributed by atoms with E-state index in [0.29, 0.717) is 0 Å². The highest BCUT2D eigenvalue weighted by atomic mass is 28.3. The van der Waals surface area contributed by atoms with Crippen molar-refractivity contribution in [3.05, 3.63) is 41.5 Å². The van der Waals surface area contributed by atoms with E-state index < -0.39 is 13.7 Å². The van der Waals surface area contributed by atoms with E-state index in [4.69, 9.17) is 0 Å². The first-order chi connectivity index (χ1) is 9.87. The number of hydrogen-bond donors (Lipinski definition) is 1. The van der Waals surface area contributed by atoms with Crippen LogP contribution in [0.4, 0.5) is 0 Å². The fourth-order valence-electron chi connectivity index (χ4n) is 2.30. The Morgan fingerprint density at radius 2 is 1.62 bits per heavy atom. The van der Waals surface area contributed by atoms with E-state index in [1.807, 2.05) is 50.3 Å². The zero-order chi connectivity index (χ0) is 15.9. The van der Waals surface area contributed by atoms with Gasteiger partial charge in [0.15, 0.2) is 0 Å². The molecule has 1 N–H and O–H groups in total. The summed E-state index contributed by atoms with van der Waals surface area (Å²) in [4.78, 5) is 0. The molecule has 1 nitrogen and oxygen atoms in total. The Morgan fingerprint density at radius 1 is 1.10 bits per heavy atom. The summed E-state index contributed by atoms with van der Waals surface area (Å²) in [6, 6.07) is 13.6. The largest absolute Gasteiger partial charge is 0.385 e. The summed E-state index contributed by atoms with van der Waals surface area (Å²) in [6.07, 6.45) is 2.01. The van der Waals surface area contributed by atoms with Gasteiger partial charge in [0.05, 0.1) is 5.60 Å². The van der Waals surface area contributed by atoms with Crippen molar-refractivity contribution in [2.24, 2.45) is 0 Å². The Kier molecular flexibility index (Phi) is 6.45. The molecule has 0 amide bonds.